The highest BCUT2D eigenvalue weighted by molar-refractivity contribution is 5.78. The normalized spacial score (nSPS) is 18.8. The van der Waals surface area contributed by atoms with Gasteiger partial charge in [0.15, 0.2) is 0 Å². The summed E-state index contributed by atoms with van der Waals surface area (Å²) in [6, 6.07) is 7.93. The lowest BCUT2D eigenvalue weighted by molar-refractivity contribution is 0.192. The van der Waals surface area contributed by atoms with E-state index in [2.05, 4.69) is 17.6 Å². The van der Waals surface area contributed by atoms with E-state index in [0.29, 0.717) is 11.5 Å². The lowest BCUT2D eigenvalue weighted by atomic mass is 10.1. The summed E-state index contributed by atoms with van der Waals surface area (Å²) >= 11 is 0. The molecule has 0 amide bonds. The summed E-state index contributed by atoms with van der Waals surface area (Å²) in [7, 11) is 0. The van der Waals surface area contributed by atoms with Crippen LogP contribution >= 0.6 is 0 Å². The highest BCUT2D eigenvalue weighted by atomic mass is 16.5. The van der Waals surface area contributed by atoms with Gasteiger partial charge in [0.2, 0.25) is 0 Å². The monoisotopic (exact) mass is 255 g/mol. The molecule has 0 radical (unpaired) electrons. The van der Waals surface area contributed by atoms with Crippen LogP contribution in [0.15, 0.2) is 18.2 Å². The van der Waals surface area contributed by atoms with Crippen LogP contribution in [0, 0.1) is 11.3 Å². The number of nitriles is 1. The van der Waals surface area contributed by atoms with Gasteiger partial charge in [-0.25, -0.2) is 4.98 Å². The first-order chi connectivity index (χ1) is 9.33. The molecule has 1 saturated heterocycles. The SMILES string of the molecule is CCCn1c(C2CCOC2)nc2cc(C#N)ccc21. The fraction of sp³-hybridized carbons (Fsp3) is 0.467. The van der Waals surface area contributed by atoms with Crippen molar-refractivity contribution in [1.82, 2.24) is 9.55 Å². The predicted octanol–water partition coefficient (Wildman–Crippen LogP) is 2.82. The van der Waals surface area contributed by atoms with Crippen molar-refractivity contribution < 1.29 is 4.74 Å². The smallest absolute Gasteiger partial charge is 0.115 e. The molecule has 1 aromatic carbocycles. The molecule has 19 heavy (non-hydrogen) atoms. The number of rotatable bonds is 3. The van der Waals surface area contributed by atoms with E-state index < -0.39 is 0 Å². The van der Waals surface area contributed by atoms with Crippen molar-refractivity contribution in [1.29, 1.82) is 5.26 Å². The molecule has 0 aliphatic carbocycles. The van der Waals surface area contributed by atoms with Gasteiger partial charge in [0.05, 0.1) is 29.3 Å². The maximum absolute atomic E-state index is 8.98. The van der Waals surface area contributed by atoms with Gasteiger partial charge in [-0.1, -0.05) is 6.92 Å². The van der Waals surface area contributed by atoms with Crippen LogP contribution in [0.4, 0.5) is 0 Å². The zero-order chi connectivity index (χ0) is 13.2. The molecule has 3 rings (SSSR count). The third-order valence-electron chi connectivity index (χ3n) is 3.65. The molecule has 0 spiro atoms. The first-order valence-electron chi connectivity index (χ1n) is 6.81. The van der Waals surface area contributed by atoms with Gasteiger partial charge in [-0.2, -0.15) is 5.26 Å². The quantitative estimate of drug-likeness (QED) is 0.847. The zero-order valence-corrected chi connectivity index (χ0v) is 11.1. The number of hydrogen-bond acceptors (Lipinski definition) is 3. The summed E-state index contributed by atoms with van der Waals surface area (Å²) in [5.74, 6) is 1.51. The molecule has 1 atom stereocenters. The van der Waals surface area contributed by atoms with Crippen LogP contribution in [0.3, 0.4) is 0 Å². The Balaban J connectivity index is 2.13. The third kappa shape index (κ3) is 2.11. The zero-order valence-electron chi connectivity index (χ0n) is 11.1. The number of fused-ring (bicyclic) bond motifs is 1. The molecule has 0 N–H and O–H groups in total. The van der Waals surface area contributed by atoms with Crippen LogP contribution in [0.2, 0.25) is 0 Å². The van der Waals surface area contributed by atoms with Crippen LogP contribution in [-0.2, 0) is 11.3 Å². The van der Waals surface area contributed by atoms with Gasteiger partial charge in [-0.3, -0.25) is 0 Å². The lowest BCUT2D eigenvalue weighted by Gasteiger charge is -2.11. The highest BCUT2D eigenvalue weighted by Gasteiger charge is 2.24. The Morgan fingerprint density at radius 2 is 2.42 bits per heavy atom. The van der Waals surface area contributed by atoms with Crippen LogP contribution in [0.25, 0.3) is 11.0 Å². The van der Waals surface area contributed by atoms with Crippen molar-refractivity contribution in [3.63, 3.8) is 0 Å². The Hall–Kier alpha value is -1.86. The average molecular weight is 255 g/mol. The number of hydrogen-bond donors (Lipinski definition) is 0. The Morgan fingerprint density at radius 1 is 1.53 bits per heavy atom. The van der Waals surface area contributed by atoms with Crippen LogP contribution in [-0.4, -0.2) is 22.8 Å². The number of nitrogens with zero attached hydrogens (tertiary/aromatic N) is 3. The van der Waals surface area contributed by atoms with E-state index in [-0.39, 0.29) is 0 Å². The summed E-state index contributed by atoms with van der Waals surface area (Å²) in [6.07, 6.45) is 2.12. The molecule has 1 aliphatic heterocycles. The Morgan fingerprint density at radius 3 is 3.11 bits per heavy atom. The number of aryl methyl sites for hydroxylation is 1. The molecule has 1 aromatic heterocycles. The molecule has 2 aromatic rings. The fourth-order valence-corrected chi connectivity index (χ4v) is 2.73. The second kappa shape index (κ2) is 5.02. The van der Waals surface area contributed by atoms with E-state index in [1.165, 1.54) is 0 Å². The number of aromatic nitrogens is 2. The van der Waals surface area contributed by atoms with Gasteiger partial charge in [0.1, 0.15) is 5.82 Å². The first kappa shape index (κ1) is 12.2. The fourth-order valence-electron chi connectivity index (χ4n) is 2.73. The van der Waals surface area contributed by atoms with Crippen LogP contribution in [0.1, 0.15) is 37.1 Å². The Bertz CT molecular complexity index is 633. The Labute approximate surface area is 112 Å². The highest BCUT2D eigenvalue weighted by Crippen LogP contribution is 2.28. The van der Waals surface area contributed by atoms with Crippen molar-refractivity contribution in [2.75, 3.05) is 13.2 Å². The molecular weight excluding hydrogens is 238 g/mol. The largest absolute Gasteiger partial charge is 0.381 e. The molecule has 1 unspecified atom stereocenters. The second-order valence-electron chi connectivity index (χ2n) is 5.00. The maximum Gasteiger partial charge on any atom is 0.115 e. The van der Waals surface area contributed by atoms with E-state index in [9.17, 15) is 0 Å². The molecule has 0 bridgehead atoms. The van der Waals surface area contributed by atoms with Crippen molar-refractivity contribution in [3.8, 4) is 6.07 Å². The van der Waals surface area contributed by atoms with E-state index in [4.69, 9.17) is 15.0 Å². The van der Waals surface area contributed by atoms with Crippen molar-refractivity contribution in [3.05, 3.63) is 29.6 Å². The average Bonchev–Trinajstić information content (AvgIpc) is 3.06. The lowest BCUT2D eigenvalue weighted by Crippen LogP contribution is -2.09. The van der Waals surface area contributed by atoms with Gasteiger partial charge in [0.25, 0.3) is 0 Å². The van der Waals surface area contributed by atoms with E-state index >= 15 is 0 Å². The molecular formula is C15H17N3O. The van der Waals surface area contributed by atoms with Crippen LogP contribution in [0.5, 0.6) is 0 Å². The van der Waals surface area contributed by atoms with Crippen molar-refractivity contribution in [2.24, 2.45) is 0 Å². The van der Waals surface area contributed by atoms with Gasteiger partial charge >= 0.3 is 0 Å². The molecule has 1 aliphatic rings. The summed E-state index contributed by atoms with van der Waals surface area (Å²) in [5.41, 5.74) is 2.72. The number of imidazole rings is 1. The van der Waals surface area contributed by atoms with Crippen molar-refractivity contribution >= 4 is 11.0 Å². The van der Waals surface area contributed by atoms with Crippen molar-refractivity contribution in [2.45, 2.75) is 32.2 Å². The van der Waals surface area contributed by atoms with E-state index in [1.54, 1.807) is 0 Å². The molecule has 1 fully saturated rings. The number of ether oxygens (including phenoxy) is 1. The minimum absolute atomic E-state index is 0.393. The molecule has 2 heterocycles. The molecule has 98 valence electrons. The van der Waals surface area contributed by atoms with Gasteiger partial charge < -0.3 is 9.30 Å². The van der Waals surface area contributed by atoms with Gasteiger partial charge in [-0.15, -0.1) is 0 Å². The Kier molecular flexibility index (Phi) is 3.22. The van der Waals surface area contributed by atoms with Gasteiger partial charge in [-0.05, 0) is 31.0 Å². The number of benzene rings is 1. The van der Waals surface area contributed by atoms with Crippen LogP contribution < -0.4 is 0 Å². The summed E-state index contributed by atoms with van der Waals surface area (Å²) in [4.78, 5) is 4.75. The minimum Gasteiger partial charge on any atom is -0.381 e. The second-order valence-corrected chi connectivity index (χ2v) is 5.00. The van der Waals surface area contributed by atoms with Gasteiger partial charge in [0, 0.05) is 19.1 Å². The maximum atomic E-state index is 8.98. The minimum atomic E-state index is 0.393. The molecule has 0 saturated carbocycles. The standard InChI is InChI=1S/C15H17N3O/c1-2-6-18-14-4-3-11(9-16)8-13(14)17-15(18)12-5-7-19-10-12/h3-4,8,12H,2,5-7,10H2,1H3. The summed E-state index contributed by atoms with van der Waals surface area (Å²) in [5, 5.41) is 8.98. The molecule has 4 nitrogen and oxygen atoms in total. The third-order valence-corrected chi connectivity index (χ3v) is 3.65. The summed E-state index contributed by atoms with van der Waals surface area (Å²) < 4.78 is 7.77. The first-order valence-corrected chi connectivity index (χ1v) is 6.81. The summed E-state index contributed by atoms with van der Waals surface area (Å²) in [6.45, 7) is 4.72. The predicted molar refractivity (Wildman–Crippen MR) is 72.9 cm³/mol. The topological polar surface area (TPSA) is 50.8 Å². The van der Waals surface area contributed by atoms with E-state index in [1.807, 2.05) is 18.2 Å². The van der Waals surface area contributed by atoms with E-state index in [0.717, 1.165) is 49.5 Å². The molecule has 4 heteroatoms.